The Hall–Kier alpha value is -1.85. The molecule has 0 heterocycles. The third-order valence-electron chi connectivity index (χ3n) is 2.47. The molecule has 2 rings (SSSR count). The molecule has 2 N–H and O–H groups in total. The molecule has 0 aliphatic heterocycles. The van der Waals surface area contributed by atoms with Crippen LogP contribution in [0.25, 0.3) is 0 Å². The second-order valence-corrected chi connectivity index (χ2v) is 4.65. The van der Waals surface area contributed by atoms with Crippen molar-refractivity contribution in [1.82, 2.24) is 0 Å². The smallest absolute Gasteiger partial charge is 0.260 e. The summed E-state index contributed by atoms with van der Waals surface area (Å²) in [6.07, 6.45) is 0. The molecule has 0 saturated heterocycles. The fourth-order valence-electron chi connectivity index (χ4n) is 1.53. The summed E-state index contributed by atoms with van der Waals surface area (Å²) in [6, 6.07) is 5.48. The van der Waals surface area contributed by atoms with Gasteiger partial charge in [-0.05, 0) is 18.2 Å². The lowest BCUT2D eigenvalue weighted by Gasteiger charge is -2.09. The monoisotopic (exact) mass is 317 g/mol. The summed E-state index contributed by atoms with van der Waals surface area (Å²) in [5, 5.41) is 11.1. The van der Waals surface area contributed by atoms with Crippen LogP contribution in [0.2, 0.25) is 10.0 Å². The minimum Gasteiger partial charge on any atom is -0.506 e. The number of nitrogens with one attached hydrogen (secondary N) is 1. The van der Waals surface area contributed by atoms with E-state index >= 15 is 0 Å². The molecule has 0 radical (unpaired) electrons. The van der Waals surface area contributed by atoms with Crippen molar-refractivity contribution in [2.24, 2.45) is 0 Å². The Balaban J connectivity index is 2.35. The van der Waals surface area contributed by atoms with Crippen molar-refractivity contribution in [3.05, 3.63) is 57.6 Å². The van der Waals surface area contributed by atoms with Crippen LogP contribution in [0.15, 0.2) is 30.3 Å². The molecule has 3 nitrogen and oxygen atoms in total. The predicted octanol–water partition coefficient (Wildman–Crippen LogP) is 4.23. The van der Waals surface area contributed by atoms with Gasteiger partial charge in [0.05, 0.1) is 21.3 Å². The molecule has 0 aliphatic rings. The normalized spacial score (nSPS) is 10.4. The van der Waals surface area contributed by atoms with Crippen LogP contribution in [-0.2, 0) is 0 Å². The van der Waals surface area contributed by atoms with Crippen LogP contribution in [0.3, 0.4) is 0 Å². The maximum atomic E-state index is 13.5. The van der Waals surface area contributed by atoms with Gasteiger partial charge in [-0.3, -0.25) is 4.79 Å². The van der Waals surface area contributed by atoms with Crippen LogP contribution < -0.4 is 5.32 Å². The number of aromatic hydroxyl groups is 1. The maximum absolute atomic E-state index is 13.5. The molecule has 1 amide bonds. The average molecular weight is 318 g/mol. The van der Waals surface area contributed by atoms with Crippen LogP contribution in [0.1, 0.15) is 10.4 Å². The van der Waals surface area contributed by atoms with Crippen molar-refractivity contribution in [1.29, 1.82) is 0 Å². The second-order valence-electron chi connectivity index (χ2n) is 3.83. The van der Waals surface area contributed by atoms with Gasteiger partial charge in [0, 0.05) is 6.07 Å². The van der Waals surface area contributed by atoms with E-state index in [0.29, 0.717) is 0 Å². The first-order chi connectivity index (χ1) is 9.40. The van der Waals surface area contributed by atoms with E-state index in [1.165, 1.54) is 12.1 Å². The summed E-state index contributed by atoms with van der Waals surface area (Å²) in [6.45, 7) is 0. The van der Waals surface area contributed by atoms with Crippen molar-refractivity contribution in [2.75, 3.05) is 5.32 Å². The van der Waals surface area contributed by atoms with Crippen LogP contribution in [0.5, 0.6) is 5.75 Å². The van der Waals surface area contributed by atoms with Crippen molar-refractivity contribution < 1.29 is 18.7 Å². The van der Waals surface area contributed by atoms with Crippen LogP contribution in [0.4, 0.5) is 14.5 Å². The highest BCUT2D eigenvalue weighted by atomic mass is 35.5. The third-order valence-corrected chi connectivity index (χ3v) is 3.09. The number of phenolic OH excluding ortho intramolecular Hbond substituents is 1. The zero-order valence-electron chi connectivity index (χ0n) is 9.75. The molecule has 0 aliphatic carbocycles. The molecule has 0 atom stereocenters. The van der Waals surface area contributed by atoms with Gasteiger partial charge in [-0.1, -0.05) is 29.3 Å². The summed E-state index contributed by atoms with van der Waals surface area (Å²) in [4.78, 5) is 11.9. The zero-order chi connectivity index (χ0) is 14.9. The van der Waals surface area contributed by atoms with Crippen molar-refractivity contribution in [3.8, 4) is 5.75 Å². The van der Waals surface area contributed by atoms with Gasteiger partial charge < -0.3 is 10.4 Å². The van der Waals surface area contributed by atoms with E-state index in [1.807, 2.05) is 0 Å². The first-order valence-electron chi connectivity index (χ1n) is 5.33. The van der Waals surface area contributed by atoms with Crippen LogP contribution >= 0.6 is 23.2 Å². The molecule has 0 bridgehead atoms. The molecule has 7 heteroatoms. The highest BCUT2D eigenvalue weighted by molar-refractivity contribution is 6.34. The van der Waals surface area contributed by atoms with E-state index < -0.39 is 28.9 Å². The molecular formula is C13H7Cl2F2NO2. The van der Waals surface area contributed by atoms with Crippen molar-refractivity contribution in [2.45, 2.75) is 0 Å². The summed E-state index contributed by atoms with van der Waals surface area (Å²) < 4.78 is 27.1. The second kappa shape index (κ2) is 5.64. The number of phenols is 1. The first-order valence-corrected chi connectivity index (χ1v) is 6.09. The van der Waals surface area contributed by atoms with E-state index in [2.05, 4.69) is 5.32 Å². The highest BCUT2D eigenvalue weighted by Crippen LogP contribution is 2.30. The SMILES string of the molecule is O=C(Nc1cc(Cl)c(O)cc1F)c1c(F)cccc1Cl. The van der Waals surface area contributed by atoms with Gasteiger partial charge >= 0.3 is 0 Å². The lowest BCUT2D eigenvalue weighted by Crippen LogP contribution is -2.15. The number of anilines is 1. The van der Waals surface area contributed by atoms with Gasteiger partial charge in [0.2, 0.25) is 0 Å². The van der Waals surface area contributed by atoms with Crippen molar-refractivity contribution in [3.63, 3.8) is 0 Å². The van der Waals surface area contributed by atoms with Gasteiger partial charge in [0.1, 0.15) is 11.6 Å². The van der Waals surface area contributed by atoms with Crippen molar-refractivity contribution >= 4 is 34.8 Å². The molecule has 2 aromatic rings. The molecule has 0 saturated carbocycles. The van der Waals surface area contributed by atoms with Gasteiger partial charge in [0.25, 0.3) is 5.91 Å². The summed E-state index contributed by atoms with van der Waals surface area (Å²) in [5.74, 6) is -3.13. The van der Waals surface area contributed by atoms with Crippen LogP contribution in [-0.4, -0.2) is 11.0 Å². The quantitative estimate of drug-likeness (QED) is 0.814. The third kappa shape index (κ3) is 2.84. The number of amides is 1. The fraction of sp³-hybridized carbons (Fsp3) is 0. The maximum Gasteiger partial charge on any atom is 0.260 e. The lowest BCUT2D eigenvalue weighted by atomic mass is 10.2. The van der Waals surface area contributed by atoms with E-state index in [9.17, 15) is 18.7 Å². The predicted molar refractivity (Wildman–Crippen MR) is 72.4 cm³/mol. The number of hydrogen-bond donors (Lipinski definition) is 2. The number of benzene rings is 2. The standard InChI is InChI=1S/C13H7Cl2F2NO2/c14-6-2-1-3-8(16)12(6)13(20)18-10-4-7(15)11(19)5-9(10)17/h1-5,19H,(H,18,20). The van der Waals surface area contributed by atoms with Gasteiger partial charge in [-0.2, -0.15) is 0 Å². The summed E-state index contributed by atoms with van der Waals surface area (Å²) in [7, 11) is 0. The largest absolute Gasteiger partial charge is 0.506 e. The zero-order valence-corrected chi connectivity index (χ0v) is 11.3. The first kappa shape index (κ1) is 14.6. The molecular weight excluding hydrogens is 311 g/mol. The fourth-order valence-corrected chi connectivity index (χ4v) is 1.94. The van der Waals surface area contributed by atoms with Gasteiger partial charge in [-0.15, -0.1) is 0 Å². The minimum absolute atomic E-state index is 0.104. The molecule has 0 aromatic heterocycles. The Morgan fingerprint density at radius 3 is 2.45 bits per heavy atom. The number of rotatable bonds is 2. The molecule has 0 unspecified atom stereocenters. The summed E-state index contributed by atoms with van der Waals surface area (Å²) >= 11 is 11.3. The Morgan fingerprint density at radius 2 is 1.80 bits per heavy atom. The van der Waals surface area contributed by atoms with Crippen LogP contribution in [0, 0.1) is 11.6 Å². The Kier molecular flexibility index (Phi) is 4.11. The molecule has 104 valence electrons. The number of carbonyl (C=O) groups excluding carboxylic acids is 1. The van der Waals surface area contributed by atoms with E-state index in [1.54, 1.807) is 0 Å². The van der Waals surface area contributed by atoms with Gasteiger partial charge in [0.15, 0.2) is 5.82 Å². The Morgan fingerprint density at radius 1 is 1.10 bits per heavy atom. The lowest BCUT2D eigenvalue weighted by molar-refractivity contribution is 0.102. The van der Waals surface area contributed by atoms with Gasteiger partial charge in [-0.25, -0.2) is 8.78 Å². The van der Waals surface area contributed by atoms with E-state index in [0.717, 1.165) is 18.2 Å². The molecule has 0 spiro atoms. The number of carbonyl (C=O) groups is 1. The molecule has 0 fully saturated rings. The number of halogens is 4. The molecule has 20 heavy (non-hydrogen) atoms. The topological polar surface area (TPSA) is 49.3 Å². The minimum atomic E-state index is -0.922. The average Bonchev–Trinajstić information content (AvgIpc) is 2.35. The highest BCUT2D eigenvalue weighted by Gasteiger charge is 2.18. The summed E-state index contributed by atoms with van der Waals surface area (Å²) in [5.41, 5.74) is -0.699. The Labute approximate surface area is 122 Å². The van der Waals surface area contributed by atoms with E-state index in [4.69, 9.17) is 23.2 Å². The molecule has 2 aromatic carbocycles. The Bertz CT molecular complexity index is 672. The van der Waals surface area contributed by atoms with E-state index in [-0.39, 0.29) is 15.7 Å². The number of hydrogen-bond acceptors (Lipinski definition) is 2.